The molecule has 2 amide bonds. The minimum atomic E-state index is -0.433. The monoisotopic (exact) mass is 362 g/mol. The van der Waals surface area contributed by atoms with Gasteiger partial charge in [0.1, 0.15) is 30.2 Å². The Labute approximate surface area is 146 Å². The molecule has 3 rings (SSSR count). The van der Waals surface area contributed by atoms with Gasteiger partial charge in [-0.1, -0.05) is 11.3 Å². The first-order valence-electron chi connectivity index (χ1n) is 7.24. The van der Waals surface area contributed by atoms with E-state index in [0.29, 0.717) is 40.0 Å². The number of aromatic nitrogens is 2. The fourth-order valence-electron chi connectivity index (χ4n) is 2.25. The largest absolute Gasteiger partial charge is 0.482 e. The van der Waals surface area contributed by atoms with Gasteiger partial charge in [-0.25, -0.2) is 0 Å². The molecular formula is C15H14N4O5S. The lowest BCUT2D eigenvalue weighted by Gasteiger charge is -2.28. The Morgan fingerprint density at radius 1 is 1.48 bits per heavy atom. The standard InChI is InChI=1S/C15H14N4O5S/c1-23-7-13-17-18-15(25-13)16-12(21)5-19-10-4-9(6-20)2-3-11(10)24-8-14(19)22/h2-4,6H,5,7-8H2,1H3,(H,16,18,21). The van der Waals surface area contributed by atoms with Crippen LogP contribution in [0.15, 0.2) is 18.2 Å². The molecule has 0 bridgehead atoms. The summed E-state index contributed by atoms with van der Waals surface area (Å²) in [6.45, 7) is -0.0917. The average Bonchev–Trinajstić information content (AvgIpc) is 3.04. The van der Waals surface area contributed by atoms with E-state index in [9.17, 15) is 14.4 Å². The van der Waals surface area contributed by atoms with Crippen LogP contribution in [0.2, 0.25) is 0 Å². The number of hydrogen-bond acceptors (Lipinski definition) is 8. The predicted octanol–water partition coefficient (Wildman–Crippen LogP) is 0.861. The molecule has 1 aliphatic rings. The van der Waals surface area contributed by atoms with Crippen LogP contribution in [0.4, 0.5) is 10.8 Å². The molecule has 10 heteroatoms. The highest BCUT2D eigenvalue weighted by atomic mass is 32.1. The van der Waals surface area contributed by atoms with E-state index in [-0.39, 0.29) is 19.1 Å². The second-order valence-corrected chi connectivity index (χ2v) is 6.16. The SMILES string of the molecule is COCc1nnc(NC(=O)CN2C(=O)COc3ccc(C=O)cc32)s1. The summed E-state index contributed by atoms with van der Waals surface area (Å²) < 4.78 is 10.3. The number of aldehydes is 1. The molecular weight excluding hydrogens is 348 g/mol. The number of carbonyl (C=O) groups excluding carboxylic acids is 3. The summed E-state index contributed by atoms with van der Waals surface area (Å²) in [5.41, 5.74) is 0.768. The first kappa shape index (κ1) is 17.0. The second-order valence-electron chi connectivity index (χ2n) is 5.10. The highest BCUT2D eigenvalue weighted by Gasteiger charge is 2.28. The fourth-order valence-corrected chi connectivity index (χ4v) is 2.98. The topological polar surface area (TPSA) is 111 Å². The Balaban J connectivity index is 1.74. The summed E-state index contributed by atoms with van der Waals surface area (Å²) >= 11 is 1.19. The summed E-state index contributed by atoms with van der Waals surface area (Å²) in [6, 6.07) is 4.69. The first-order valence-corrected chi connectivity index (χ1v) is 8.06. The lowest BCUT2D eigenvalue weighted by molar-refractivity contribution is -0.123. The van der Waals surface area contributed by atoms with E-state index in [4.69, 9.17) is 9.47 Å². The smallest absolute Gasteiger partial charge is 0.265 e. The number of rotatable bonds is 6. The highest BCUT2D eigenvalue weighted by molar-refractivity contribution is 7.15. The number of carbonyl (C=O) groups is 3. The molecule has 0 atom stereocenters. The summed E-state index contributed by atoms with van der Waals surface area (Å²) in [4.78, 5) is 36.6. The van der Waals surface area contributed by atoms with Gasteiger partial charge in [0, 0.05) is 12.7 Å². The van der Waals surface area contributed by atoms with Crippen LogP contribution in [-0.2, 0) is 20.9 Å². The molecule has 2 heterocycles. The van der Waals surface area contributed by atoms with Gasteiger partial charge in [0.15, 0.2) is 6.61 Å². The van der Waals surface area contributed by atoms with Crippen molar-refractivity contribution in [3.8, 4) is 5.75 Å². The van der Waals surface area contributed by atoms with Crippen LogP contribution < -0.4 is 15.0 Å². The van der Waals surface area contributed by atoms with E-state index in [1.165, 1.54) is 29.4 Å². The van der Waals surface area contributed by atoms with Crippen molar-refractivity contribution in [2.75, 3.05) is 30.5 Å². The molecule has 1 N–H and O–H groups in total. The van der Waals surface area contributed by atoms with Crippen LogP contribution in [0.5, 0.6) is 5.75 Å². The van der Waals surface area contributed by atoms with Crippen LogP contribution in [0, 0.1) is 0 Å². The Morgan fingerprint density at radius 3 is 3.08 bits per heavy atom. The quantitative estimate of drug-likeness (QED) is 0.759. The summed E-state index contributed by atoms with van der Waals surface area (Å²) in [5, 5.41) is 11.2. The second kappa shape index (κ2) is 7.36. The molecule has 1 aromatic carbocycles. The van der Waals surface area contributed by atoms with Gasteiger partial charge in [0.2, 0.25) is 11.0 Å². The number of ether oxygens (including phenoxy) is 2. The van der Waals surface area contributed by atoms with Gasteiger partial charge in [-0.05, 0) is 18.2 Å². The normalized spacial score (nSPS) is 13.2. The van der Waals surface area contributed by atoms with Gasteiger partial charge in [0.05, 0.1) is 5.69 Å². The molecule has 130 valence electrons. The van der Waals surface area contributed by atoms with E-state index in [2.05, 4.69) is 15.5 Å². The van der Waals surface area contributed by atoms with Crippen LogP contribution in [0.3, 0.4) is 0 Å². The van der Waals surface area contributed by atoms with E-state index < -0.39 is 5.91 Å². The van der Waals surface area contributed by atoms with Crippen LogP contribution in [-0.4, -0.2) is 48.6 Å². The molecule has 1 aromatic heterocycles. The van der Waals surface area contributed by atoms with Gasteiger partial charge < -0.3 is 9.47 Å². The maximum atomic E-state index is 12.2. The van der Waals surface area contributed by atoms with Crippen molar-refractivity contribution in [1.82, 2.24) is 10.2 Å². The zero-order valence-corrected chi connectivity index (χ0v) is 14.0. The lowest BCUT2D eigenvalue weighted by Crippen LogP contribution is -2.43. The van der Waals surface area contributed by atoms with Gasteiger partial charge >= 0.3 is 0 Å². The fraction of sp³-hybridized carbons (Fsp3) is 0.267. The van der Waals surface area contributed by atoms with Crippen molar-refractivity contribution in [3.63, 3.8) is 0 Å². The molecule has 0 fully saturated rings. The highest BCUT2D eigenvalue weighted by Crippen LogP contribution is 2.32. The Bertz CT molecular complexity index is 822. The molecule has 0 spiro atoms. The summed E-state index contributed by atoms with van der Waals surface area (Å²) in [6.07, 6.45) is 0.663. The number of nitrogens with one attached hydrogen (secondary N) is 1. The number of hydrogen-bond donors (Lipinski definition) is 1. The third kappa shape index (κ3) is 3.80. The number of amides is 2. The zero-order chi connectivity index (χ0) is 17.8. The van der Waals surface area contributed by atoms with Crippen molar-refractivity contribution in [1.29, 1.82) is 0 Å². The van der Waals surface area contributed by atoms with Crippen molar-refractivity contribution < 1.29 is 23.9 Å². The number of benzene rings is 1. The minimum absolute atomic E-state index is 0.169. The van der Waals surface area contributed by atoms with Gasteiger partial charge in [-0.3, -0.25) is 24.6 Å². The Morgan fingerprint density at radius 2 is 2.32 bits per heavy atom. The van der Waals surface area contributed by atoms with E-state index in [1.807, 2.05) is 0 Å². The van der Waals surface area contributed by atoms with Crippen molar-refractivity contribution in [2.24, 2.45) is 0 Å². The lowest BCUT2D eigenvalue weighted by atomic mass is 10.1. The predicted molar refractivity (Wildman–Crippen MR) is 88.9 cm³/mol. The first-order chi connectivity index (χ1) is 12.1. The minimum Gasteiger partial charge on any atom is -0.482 e. The molecule has 25 heavy (non-hydrogen) atoms. The molecule has 0 saturated heterocycles. The molecule has 0 unspecified atom stereocenters. The third-order valence-corrected chi connectivity index (χ3v) is 4.16. The van der Waals surface area contributed by atoms with Crippen LogP contribution in [0.25, 0.3) is 0 Å². The third-order valence-electron chi connectivity index (χ3n) is 3.34. The number of methoxy groups -OCH3 is 1. The summed E-state index contributed by atoms with van der Waals surface area (Å²) in [7, 11) is 1.54. The van der Waals surface area contributed by atoms with E-state index >= 15 is 0 Å². The zero-order valence-electron chi connectivity index (χ0n) is 13.2. The number of fused-ring (bicyclic) bond motifs is 1. The van der Waals surface area contributed by atoms with E-state index in [0.717, 1.165) is 0 Å². The van der Waals surface area contributed by atoms with Gasteiger partial charge in [0.25, 0.3) is 5.91 Å². The van der Waals surface area contributed by atoms with Crippen molar-refractivity contribution in [3.05, 3.63) is 28.8 Å². The maximum absolute atomic E-state index is 12.2. The molecule has 2 aromatic rings. The van der Waals surface area contributed by atoms with Crippen LogP contribution >= 0.6 is 11.3 Å². The average molecular weight is 362 g/mol. The maximum Gasteiger partial charge on any atom is 0.265 e. The molecule has 0 radical (unpaired) electrons. The Kier molecular flexibility index (Phi) is 5.00. The number of nitrogens with zero attached hydrogens (tertiary/aromatic N) is 3. The molecule has 9 nitrogen and oxygen atoms in total. The molecule has 0 aliphatic carbocycles. The summed E-state index contributed by atoms with van der Waals surface area (Å²) in [5.74, 6) is -0.364. The van der Waals surface area contributed by atoms with Gasteiger partial charge in [-0.2, -0.15) is 0 Å². The van der Waals surface area contributed by atoms with Crippen molar-refractivity contribution >= 4 is 40.3 Å². The van der Waals surface area contributed by atoms with Crippen molar-refractivity contribution in [2.45, 2.75) is 6.61 Å². The van der Waals surface area contributed by atoms with Gasteiger partial charge in [-0.15, -0.1) is 10.2 Å². The molecule has 1 aliphatic heterocycles. The Hall–Kier alpha value is -2.85. The van der Waals surface area contributed by atoms with E-state index in [1.54, 1.807) is 12.1 Å². The van der Waals surface area contributed by atoms with Crippen LogP contribution in [0.1, 0.15) is 15.4 Å². The number of anilines is 2. The molecule has 0 saturated carbocycles.